The fourth-order valence-corrected chi connectivity index (χ4v) is 3.53. The molecule has 0 bridgehead atoms. The number of esters is 1. The lowest BCUT2D eigenvalue weighted by Crippen LogP contribution is -2.28. The van der Waals surface area contributed by atoms with Gasteiger partial charge in [-0.05, 0) is 19.3 Å². The zero-order chi connectivity index (χ0) is 21.7. The molecule has 0 spiro atoms. The van der Waals surface area contributed by atoms with Crippen molar-refractivity contribution in [3.63, 3.8) is 0 Å². The summed E-state index contributed by atoms with van der Waals surface area (Å²) >= 11 is 0. The number of unbranched alkanes of at least 4 members (excludes halogenated alkanes) is 13. The number of carbonyl (C=O) groups excluding carboxylic acids is 1. The normalized spacial score (nSPS) is 13.2. The molecule has 172 valence electrons. The summed E-state index contributed by atoms with van der Waals surface area (Å²) in [5.74, 6) is -1.70. The summed E-state index contributed by atoms with van der Waals surface area (Å²) in [6.45, 7) is 4.39. The van der Waals surface area contributed by atoms with Gasteiger partial charge in [-0.3, -0.25) is 4.79 Å². The van der Waals surface area contributed by atoms with Crippen LogP contribution >= 0.6 is 0 Å². The van der Waals surface area contributed by atoms with Crippen molar-refractivity contribution in [1.29, 1.82) is 0 Å². The smallest absolute Gasteiger partial charge is 0.345 e. The molecular weight excluding hydrogens is 368 g/mol. The van der Waals surface area contributed by atoms with Crippen LogP contribution < -0.4 is 0 Å². The summed E-state index contributed by atoms with van der Waals surface area (Å²) in [5.41, 5.74) is 0. The number of aliphatic hydroxyl groups is 1. The first-order valence-corrected chi connectivity index (χ1v) is 12.1. The molecule has 0 aliphatic rings. The zero-order valence-electron chi connectivity index (χ0n) is 19.0. The number of carboxylic acid groups (broad SMARTS) is 1. The maximum absolute atomic E-state index is 12.0. The van der Waals surface area contributed by atoms with Gasteiger partial charge in [0.05, 0.1) is 12.5 Å². The molecule has 2 unspecified atom stereocenters. The van der Waals surface area contributed by atoms with Gasteiger partial charge in [0.1, 0.15) is 0 Å². The Bertz CT molecular complexity index is 397. The average Bonchev–Trinajstić information content (AvgIpc) is 2.68. The highest BCUT2D eigenvalue weighted by Crippen LogP contribution is 2.15. The van der Waals surface area contributed by atoms with Crippen LogP contribution in [0.5, 0.6) is 0 Å². The van der Waals surface area contributed by atoms with E-state index in [4.69, 9.17) is 4.74 Å². The van der Waals surface area contributed by atoms with E-state index in [2.05, 4.69) is 13.8 Å². The number of carboxylic acids is 1. The maximum Gasteiger partial charge on any atom is 0.345 e. The molecule has 0 aliphatic heterocycles. The fourth-order valence-electron chi connectivity index (χ4n) is 3.53. The minimum absolute atomic E-state index is 0.114. The highest BCUT2D eigenvalue weighted by atomic mass is 16.6. The lowest BCUT2D eigenvalue weighted by Gasteiger charge is -2.15. The summed E-state index contributed by atoms with van der Waals surface area (Å²) in [7, 11) is 0. The Morgan fingerprint density at radius 1 is 0.690 bits per heavy atom. The van der Waals surface area contributed by atoms with Crippen LogP contribution in [0.25, 0.3) is 0 Å². The van der Waals surface area contributed by atoms with Crippen LogP contribution in [0.1, 0.15) is 129 Å². The Morgan fingerprint density at radius 3 is 1.55 bits per heavy atom. The molecule has 0 saturated heterocycles. The molecular formula is C24H46O5. The molecule has 0 rings (SSSR count). The largest absolute Gasteiger partial charge is 0.479 e. The molecule has 0 amide bonds. The van der Waals surface area contributed by atoms with E-state index in [1.165, 1.54) is 57.8 Å². The van der Waals surface area contributed by atoms with Gasteiger partial charge in [-0.15, -0.1) is 0 Å². The number of hydrogen-bond donors (Lipinski definition) is 2. The number of aliphatic carboxylic acids is 1. The Kier molecular flexibility index (Phi) is 19.4. The van der Waals surface area contributed by atoms with E-state index in [1.807, 2.05) is 0 Å². The van der Waals surface area contributed by atoms with Crippen LogP contribution in [0.3, 0.4) is 0 Å². The number of carbonyl (C=O) groups is 2. The second kappa shape index (κ2) is 20.2. The summed E-state index contributed by atoms with van der Waals surface area (Å²) in [6, 6.07) is 0. The Labute approximate surface area is 178 Å². The van der Waals surface area contributed by atoms with Gasteiger partial charge in [0.2, 0.25) is 0 Å². The molecule has 0 aromatic rings. The minimum atomic E-state index is -1.09. The molecule has 0 aliphatic carbocycles. The van der Waals surface area contributed by atoms with E-state index >= 15 is 0 Å². The lowest BCUT2D eigenvalue weighted by molar-refractivity contribution is -0.165. The number of hydrogen-bond acceptors (Lipinski definition) is 4. The van der Waals surface area contributed by atoms with Crippen molar-refractivity contribution in [2.45, 2.75) is 142 Å². The van der Waals surface area contributed by atoms with E-state index in [-0.39, 0.29) is 6.42 Å². The van der Waals surface area contributed by atoms with Crippen molar-refractivity contribution >= 4 is 11.9 Å². The topological polar surface area (TPSA) is 83.8 Å². The SMILES string of the molecule is CCCCCCCCCCC(OC(=O)CC(O)CCCCCCCCC)C(=O)O. The van der Waals surface area contributed by atoms with E-state index < -0.39 is 24.1 Å². The predicted molar refractivity (Wildman–Crippen MR) is 118 cm³/mol. The first-order valence-electron chi connectivity index (χ1n) is 12.1. The molecule has 0 aromatic heterocycles. The van der Waals surface area contributed by atoms with Gasteiger partial charge >= 0.3 is 11.9 Å². The number of ether oxygens (including phenoxy) is 1. The monoisotopic (exact) mass is 414 g/mol. The molecule has 0 fully saturated rings. The van der Waals surface area contributed by atoms with E-state index in [0.29, 0.717) is 12.8 Å². The Hall–Kier alpha value is -1.10. The number of aliphatic hydroxyl groups excluding tert-OH is 1. The molecule has 29 heavy (non-hydrogen) atoms. The van der Waals surface area contributed by atoms with E-state index in [0.717, 1.165) is 38.5 Å². The second-order valence-electron chi connectivity index (χ2n) is 8.35. The standard InChI is InChI=1S/C24H46O5/c1-3-5-7-9-11-13-15-17-19-22(24(27)28)29-23(26)20-21(25)18-16-14-12-10-8-6-4-2/h21-22,25H,3-20H2,1-2H3,(H,27,28). The maximum atomic E-state index is 12.0. The van der Waals surface area contributed by atoms with Gasteiger partial charge in [-0.1, -0.05) is 104 Å². The molecule has 0 saturated carbocycles. The highest BCUT2D eigenvalue weighted by molar-refractivity contribution is 5.78. The fraction of sp³-hybridized carbons (Fsp3) is 0.917. The Morgan fingerprint density at radius 2 is 1.10 bits per heavy atom. The van der Waals surface area contributed by atoms with Crippen LogP contribution in [-0.2, 0) is 14.3 Å². The second-order valence-corrected chi connectivity index (χ2v) is 8.35. The molecule has 5 heteroatoms. The van der Waals surface area contributed by atoms with Crippen LogP contribution in [0.2, 0.25) is 0 Å². The molecule has 2 N–H and O–H groups in total. The van der Waals surface area contributed by atoms with Crippen molar-refractivity contribution in [1.82, 2.24) is 0 Å². The lowest BCUT2D eigenvalue weighted by atomic mass is 10.0. The van der Waals surface area contributed by atoms with E-state index in [9.17, 15) is 19.8 Å². The molecule has 0 radical (unpaired) electrons. The van der Waals surface area contributed by atoms with Crippen LogP contribution in [0.15, 0.2) is 0 Å². The summed E-state index contributed by atoms with van der Waals surface area (Å²) in [5, 5.41) is 19.3. The predicted octanol–water partition coefficient (Wildman–Crippen LogP) is 6.41. The van der Waals surface area contributed by atoms with Gasteiger partial charge in [0, 0.05) is 0 Å². The third kappa shape index (κ3) is 18.7. The van der Waals surface area contributed by atoms with Gasteiger partial charge in [-0.2, -0.15) is 0 Å². The van der Waals surface area contributed by atoms with Crippen LogP contribution in [0, 0.1) is 0 Å². The number of rotatable bonds is 21. The van der Waals surface area contributed by atoms with Crippen LogP contribution in [0.4, 0.5) is 0 Å². The van der Waals surface area contributed by atoms with Crippen molar-refractivity contribution < 1.29 is 24.5 Å². The third-order valence-electron chi connectivity index (χ3n) is 5.41. The van der Waals surface area contributed by atoms with Gasteiger partial charge < -0.3 is 14.9 Å². The first kappa shape index (κ1) is 27.9. The molecule has 0 aromatic carbocycles. The van der Waals surface area contributed by atoms with E-state index in [1.54, 1.807) is 0 Å². The van der Waals surface area contributed by atoms with Crippen molar-refractivity contribution in [3.05, 3.63) is 0 Å². The minimum Gasteiger partial charge on any atom is -0.479 e. The van der Waals surface area contributed by atoms with Crippen molar-refractivity contribution in [2.24, 2.45) is 0 Å². The average molecular weight is 415 g/mol. The quantitative estimate of drug-likeness (QED) is 0.168. The van der Waals surface area contributed by atoms with Gasteiger partial charge in [-0.25, -0.2) is 4.79 Å². The van der Waals surface area contributed by atoms with Crippen molar-refractivity contribution in [3.8, 4) is 0 Å². The zero-order valence-corrected chi connectivity index (χ0v) is 19.0. The molecule has 5 nitrogen and oxygen atoms in total. The Balaban J connectivity index is 3.84. The van der Waals surface area contributed by atoms with Gasteiger partial charge in [0.15, 0.2) is 6.10 Å². The summed E-state index contributed by atoms with van der Waals surface area (Å²) in [4.78, 5) is 23.3. The summed E-state index contributed by atoms with van der Waals surface area (Å²) < 4.78 is 5.12. The molecule has 2 atom stereocenters. The van der Waals surface area contributed by atoms with Crippen molar-refractivity contribution in [2.75, 3.05) is 0 Å². The van der Waals surface area contributed by atoms with Gasteiger partial charge in [0.25, 0.3) is 0 Å². The first-order chi connectivity index (χ1) is 14.0. The molecule has 0 heterocycles. The third-order valence-corrected chi connectivity index (χ3v) is 5.41. The summed E-state index contributed by atoms with van der Waals surface area (Å²) in [6.07, 6.45) is 16.1. The van der Waals surface area contributed by atoms with Crippen LogP contribution in [-0.4, -0.2) is 34.4 Å². The highest BCUT2D eigenvalue weighted by Gasteiger charge is 2.23.